The summed E-state index contributed by atoms with van der Waals surface area (Å²) < 4.78 is 5.08. The molecule has 3 nitrogen and oxygen atoms in total. The summed E-state index contributed by atoms with van der Waals surface area (Å²) >= 11 is 1.46. The summed E-state index contributed by atoms with van der Waals surface area (Å²) in [7, 11) is 0. The van der Waals surface area contributed by atoms with E-state index in [9.17, 15) is 4.79 Å². The Hall–Kier alpha value is -0.840. The highest BCUT2D eigenvalue weighted by Gasteiger charge is 2.03. The zero-order chi connectivity index (χ0) is 14.5. The van der Waals surface area contributed by atoms with Gasteiger partial charge in [-0.1, -0.05) is 61.4 Å². The summed E-state index contributed by atoms with van der Waals surface area (Å²) in [4.78, 5) is 11.8. The maximum atomic E-state index is 11.8. The van der Waals surface area contributed by atoms with E-state index in [1.165, 1.54) is 31.0 Å². The molecule has 0 aromatic heterocycles. The fourth-order valence-electron chi connectivity index (χ4n) is 1.92. The topological polar surface area (TPSA) is 52.3 Å². The Kier molecular flexibility index (Phi) is 10.3. The Morgan fingerprint density at radius 1 is 1.10 bits per heavy atom. The molecule has 1 aromatic carbocycles. The maximum absolute atomic E-state index is 11.8. The van der Waals surface area contributed by atoms with Crippen LogP contribution in [0.3, 0.4) is 0 Å². The van der Waals surface area contributed by atoms with Crippen LogP contribution in [0.15, 0.2) is 30.3 Å². The van der Waals surface area contributed by atoms with E-state index >= 15 is 0 Å². The molecule has 2 N–H and O–H groups in total. The van der Waals surface area contributed by atoms with Crippen molar-refractivity contribution in [3.05, 3.63) is 35.9 Å². The molecule has 1 aromatic rings. The SMILES string of the molecule is NCOCCCCCCCSC(=O)Cc1ccccc1.[HH]. The first-order valence-corrected chi connectivity index (χ1v) is 8.29. The molecule has 0 saturated carbocycles. The van der Waals surface area contributed by atoms with Gasteiger partial charge in [0.05, 0.1) is 6.73 Å². The maximum Gasteiger partial charge on any atom is 0.193 e. The monoisotopic (exact) mass is 297 g/mol. The molecule has 4 heteroatoms. The molecule has 0 fully saturated rings. The van der Waals surface area contributed by atoms with E-state index < -0.39 is 0 Å². The number of nitrogens with two attached hydrogens (primary N) is 1. The molecule has 0 amide bonds. The van der Waals surface area contributed by atoms with E-state index in [4.69, 9.17) is 10.5 Å². The highest BCUT2D eigenvalue weighted by molar-refractivity contribution is 8.13. The summed E-state index contributed by atoms with van der Waals surface area (Å²) in [6.45, 7) is 1.08. The van der Waals surface area contributed by atoms with Gasteiger partial charge in [0.2, 0.25) is 0 Å². The highest BCUT2D eigenvalue weighted by atomic mass is 32.2. The average molecular weight is 297 g/mol. The first kappa shape index (κ1) is 17.2. The third-order valence-corrected chi connectivity index (χ3v) is 3.96. The number of hydrogen-bond acceptors (Lipinski definition) is 4. The number of thioether (sulfide) groups is 1. The van der Waals surface area contributed by atoms with Crippen molar-refractivity contribution in [2.45, 2.75) is 38.5 Å². The Balaban J connectivity index is 0.00000400. The molecule has 0 radical (unpaired) electrons. The number of unbranched alkanes of at least 4 members (excludes halogenated alkanes) is 4. The van der Waals surface area contributed by atoms with Gasteiger partial charge in [0, 0.05) is 20.2 Å². The van der Waals surface area contributed by atoms with Gasteiger partial charge in [-0.2, -0.15) is 0 Å². The van der Waals surface area contributed by atoms with E-state index in [-0.39, 0.29) is 6.54 Å². The van der Waals surface area contributed by atoms with Crippen molar-refractivity contribution >= 4 is 16.9 Å². The van der Waals surface area contributed by atoms with Crippen LogP contribution < -0.4 is 5.73 Å². The lowest BCUT2D eigenvalue weighted by Gasteiger charge is -2.03. The largest absolute Gasteiger partial charge is 0.367 e. The number of carbonyl (C=O) groups is 1. The molecule has 20 heavy (non-hydrogen) atoms. The second-order valence-corrected chi connectivity index (χ2v) is 5.88. The Morgan fingerprint density at radius 2 is 1.80 bits per heavy atom. The van der Waals surface area contributed by atoms with Crippen LogP contribution in [-0.4, -0.2) is 24.2 Å². The minimum Gasteiger partial charge on any atom is -0.367 e. The lowest BCUT2D eigenvalue weighted by molar-refractivity contribution is -0.110. The van der Waals surface area contributed by atoms with Crippen molar-refractivity contribution in [1.82, 2.24) is 0 Å². The minimum absolute atomic E-state index is 0. The van der Waals surface area contributed by atoms with Crippen LogP contribution in [0, 0.1) is 0 Å². The summed E-state index contributed by atoms with van der Waals surface area (Å²) in [5.74, 6) is 0.935. The van der Waals surface area contributed by atoms with Crippen LogP contribution in [0.2, 0.25) is 0 Å². The van der Waals surface area contributed by atoms with Crippen molar-refractivity contribution < 1.29 is 11.0 Å². The summed E-state index contributed by atoms with van der Waals surface area (Å²) in [6, 6.07) is 9.92. The van der Waals surface area contributed by atoms with Gasteiger partial charge >= 0.3 is 0 Å². The van der Waals surface area contributed by atoms with Crippen LogP contribution >= 0.6 is 11.8 Å². The standard InChI is InChI=1S/C16H25NO2S.H2/c17-14-19-11-7-2-1-3-8-12-20-16(18)13-15-9-5-4-6-10-15;/h4-6,9-10H,1-3,7-8,11-14,17H2;1H. The van der Waals surface area contributed by atoms with Crippen molar-refractivity contribution in [2.24, 2.45) is 5.73 Å². The molecule has 114 valence electrons. The second-order valence-electron chi connectivity index (χ2n) is 4.73. The van der Waals surface area contributed by atoms with Crippen LogP contribution in [0.1, 0.15) is 39.1 Å². The van der Waals surface area contributed by atoms with Gasteiger partial charge in [-0.3, -0.25) is 4.79 Å². The second kappa shape index (κ2) is 11.9. The number of benzene rings is 1. The number of carbonyl (C=O) groups excluding carboxylic acids is 1. The molecule has 0 aliphatic carbocycles. The van der Waals surface area contributed by atoms with Gasteiger partial charge in [0.15, 0.2) is 5.12 Å². The summed E-state index contributed by atoms with van der Waals surface area (Å²) in [5, 5.41) is 0.271. The molecule has 0 atom stereocenters. The van der Waals surface area contributed by atoms with Gasteiger partial charge in [-0.05, 0) is 18.4 Å². The van der Waals surface area contributed by atoms with Crippen molar-refractivity contribution in [2.75, 3.05) is 19.1 Å². The average Bonchev–Trinajstić information content (AvgIpc) is 2.46. The number of rotatable bonds is 11. The Bertz CT molecular complexity index is 363. The molecule has 0 aliphatic heterocycles. The quantitative estimate of drug-likeness (QED) is 0.500. The fraction of sp³-hybridized carbons (Fsp3) is 0.562. The van der Waals surface area contributed by atoms with Crippen molar-refractivity contribution in [3.8, 4) is 0 Å². The van der Waals surface area contributed by atoms with E-state index in [1.807, 2.05) is 30.3 Å². The predicted molar refractivity (Wildman–Crippen MR) is 87.8 cm³/mol. The third-order valence-electron chi connectivity index (χ3n) is 3.01. The molecular weight excluding hydrogens is 270 g/mol. The first-order valence-electron chi connectivity index (χ1n) is 7.30. The highest BCUT2D eigenvalue weighted by Crippen LogP contribution is 2.12. The van der Waals surface area contributed by atoms with E-state index in [0.717, 1.165) is 30.8 Å². The number of ether oxygens (including phenoxy) is 1. The minimum atomic E-state index is 0. The zero-order valence-corrected chi connectivity index (χ0v) is 12.9. The Labute approximate surface area is 127 Å². The normalized spacial score (nSPS) is 10.7. The van der Waals surface area contributed by atoms with Crippen molar-refractivity contribution in [1.29, 1.82) is 0 Å². The van der Waals surface area contributed by atoms with E-state index in [0.29, 0.717) is 13.2 Å². The number of hydrogen-bond donors (Lipinski definition) is 1. The summed E-state index contributed by atoms with van der Waals surface area (Å²) in [5.41, 5.74) is 6.34. The van der Waals surface area contributed by atoms with Gasteiger partial charge in [-0.25, -0.2) is 0 Å². The smallest absolute Gasteiger partial charge is 0.193 e. The fourth-order valence-corrected chi connectivity index (χ4v) is 2.76. The third kappa shape index (κ3) is 9.13. The lowest BCUT2D eigenvalue weighted by Crippen LogP contribution is -2.05. The Morgan fingerprint density at radius 3 is 2.55 bits per heavy atom. The van der Waals surface area contributed by atoms with Crippen LogP contribution in [0.25, 0.3) is 0 Å². The van der Waals surface area contributed by atoms with Gasteiger partial charge in [0.25, 0.3) is 0 Å². The molecule has 0 bridgehead atoms. The van der Waals surface area contributed by atoms with E-state index in [1.54, 1.807) is 0 Å². The zero-order valence-electron chi connectivity index (χ0n) is 12.1. The lowest BCUT2D eigenvalue weighted by atomic mass is 10.2. The molecule has 0 saturated heterocycles. The molecule has 0 spiro atoms. The first-order chi connectivity index (χ1) is 9.83. The van der Waals surface area contributed by atoms with Crippen LogP contribution in [0.4, 0.5) is 0 Å². The molecule has 0 aliphatic rings. The van der Waals surface area contributed by atoms with Gasteiger partial charge in [0.1, 0.15) is 0 Å². The predicted octanol–water partition coefficient (Wildman–Crippen LogP) is 3.62. The van der Waals surface area contributed by atoms with E-state index in [2.05, 4.69) is 0 Å². The summed E-state index contributed by atoms with van der Waals surface area (Å²) in [6.07, 6.45) is 6.32. The molecule has 1 rings (SSSR count). The van der Waals surface area contributed by atoms with Crippen molar-refractivity contribution in [3.63, 3.8) is 0 Å². The van der Waals surface area contributed by atoms with Gasteiger partial charge in [-0.15, -0.1) is 0 Å². The molecular formula is C16H27NO2S. The van der Waals surface area contributed by atoms with Crippen LogP contribution in [0.5, 0.6) is 0 Å². The van der Waals surface area contributed by atoms with Crippen LogP contribution in [-0.2, 0) is 16.0 Å². The molecule has 0 unspecified atom stereocenters. The van der Waals surface area contributed by atoms with Gasteiger partial charge < -0.3 is 10.5 Å². The molecule has 0 heterocycles.